The minimum atomic E-state index is -0.252. The second kappa shape index (κ2) is 5.03. The summed E-state index contributed by atoms with van der Waals surface area (Å²) in [6, 6.07) is 9.43. The number of nitrogens with zero attached hydrogens (tertiary/aromatic N) is 1. The Bertz CT molecular complexity index is 349. The lowest BCUT2D eigenvalue weighted by Gasteiger charge is -2.00. The monoisotopic (exact) mass is 189 g/mol. The van der Waals surface area contributed by atoms with Crippen molar-refractivity contribution in [2.24, 2.45) is 0 Å². The Morgan fingerprint density at radius 3 is 2.43 bits per heavy atom. The fourth-order valence-electron chi connectivity index (χ4n) is 1.11. The molecule has 0 N–H and O–H groups in total. The van der Waals surface area contributed by atoms with Gasteiger partial charge in [0.25, 0.3) is 0 Å². The molecule has 72 valence electrons. The first-order chi connectivity index (χ1) is 6.76. The maximum absolute atomic E-state index is 10.9. The van der Waals surface area contributed by atoms with Crippen LogP contribution in [-0.2, 0) is 22.4 Å². The smallest absolute Gasteiger partial charge is 0.309 e. The zero-order valence-corrected chi connectivity index (χ0v) is 7.99. The molecular formula is C11H11NO2. The van der Waals surface area contributed by atoms with Gasteiger partial charge in [-0.3, -0.25) is 4.79 Å². The highest BCUT2D eigenvalue weighted by atomic mass is 16.5. The minimum Gasteiger partial charge on any atom is -0.469 e. The largest absolute Gasteiger partial charge is 0.469 e. The van der Waals surface area contributed by atoms with Crippen molar-refractivity contribution in [1.29, 1.82) is 5.26 Å². The molecule has 1 aromatic rings. The second-order valence-corrected chi connectivity index (χ2v) is 2.90. The summed E-state index contributed by atoms with van der Waals surface area (Å²) in [5.74, 6) is -0.252. The van der Waals surface area contributed by atoms with E-state index >= 15 is 0 Å². The summed E-state index contributed by atoms with van der Waals surface area (Å²) >= 11 is 0. The molecule has 0 saturated carbocycles. The summed E-state index contributed by atoms with van der Waals surface area (Å²) < 4.78 is 4.54. The van der Waals surface area contributed by atoms with Crippen LogP contribution in [0.15, 0.2) is 24.3 Å². The summed E-state index contributed by atoms with van der Waals surface area (Å²) in [6.07, 6.45) is 0.682. The van der Waals surface area contributed by atoms with E-state index in [4.69, 9.17) is 5.26 Å². The van der Waals surface area contributed by atoms with E-state index in [1.807, 2.05) is 24.3 Å². The fourth-order valence-corrected chi connectivity index (χ4v) is 1.11. The Balaban J connectivity index is 2.65. The summed E-state index contributed by atoms with van der Waals surface area (Å²) in [4.78, 5) is 10.9. The van der Waals surface area contributed by atoms with Crippen molar-refractivity contribution >= 4 is 5.97 Å². The van der Waals surface area contributed by atoms with Gasteiger partial charge in [-0.1, -0.05) is 24.3 Å². The lowest BCUT2D eigenvalue weighted by molar-refractivity contribution is -0.139. The van der Waals surface area contributed by atoms with E-state index in [1.54, 1.807) is 0 Å². The van der Waals surface area contributed by atoms with Gasteiger partial charge in [-0.2, -0.15) is 5.26 Å². The van der Waals surface area contributed by atoms with Crippen LogP contribution in [0.4, 0.5) is 0 Å². The van der Waals surface area contributed by atoms with Gasteiger partial charge in [0.05, 0.1) is 26.0 Å². The first kappa shape index (κ1) is 10.3. The van der Waals surface area contributed by atoms with E-state index in [-0.39, 0.29) is 12.4 Å². The van der Waals surface area contributed by atoms with Crippen LogP contribution in [0.3, 0.4) is 0 Å². The van der Waals surface area contributed by atoms with Gasteiger partial charge in [0, 0.05) is 0 Å². The van der Waals surface area contributed by atoms with Crippen LogP contribution < -0.4 is 0 Å². The molecule has 0 heterocycles. The number of nitriles is 1. The lowest BCUT2D eigenvalue weighted by Crippen LogP contribution is -2.04. The number of methoxy groups -OCH3 is 1. The molecule has 1 rings (SSSR count). The van der Waals surface area contributed by atoms with Crippen molar-refractivity contribution < 1.29 is 9.53 Å². The normalized spacial score (nSPS) is 9.14. The Kier molecular flexibility index (Phi) is 3.69. The Morgan fingerprint density at radius 1 is 1.36 bits per heavy atom. The zero-order valence-electron chi connectivity index (χ0n) is 7.99. The molecule has 14 heavy (non-hydrogen) atoms. The number of hydrogen-bond donors (Lipinski definition) is 0. The highest BCUT2D eigenvalue weighted by molar-refractivity contribution is 5.72. The third-order valence-corrected chi connectivity index (χ3v) is 1.88. The maximum Gasteiger partial charge on any atom is 0.309 e. The maximum atomic E-state index is 10.9. The van der Waals surface area contributed by atoms with Crippen LogP contribution in [0.5, 0.6) is 0 Å². The molecule has 0 fully saturated rings. The predicted molar refractivity (Wildman–Crippen MR) is 51.5 cm³/mol. The van der Waals surface area contributed by atoms with Crippen LogP contribution in [0.25, 0.3) is 0 Å². The molecule has 0 atom stereocenters. The molecular weight excluding hydrogens is 178 g/mol. The van der Waals surface area contributed by atoms with Gasteiger partial charge in [-0.15, -0.1) is 0 Å². The molecule has 0 bridgehead atoms. The number of benzene rings is 1. The van der Waals surface area contributed by atoms with Crippen molar-refractivity contribution in [1.82, 2.24) is 0 Å². The topological polar surface area (TPSA) is 50.1 Å². The van der Waals surface area contributed by atoms with E-state index in [0.717, 1.165) is 11.1 Å². The number of esters is 1. The Morgan fingerprint density at radius 2 is 1.93 bits per heavy atom. The van der Waals surface area contributed by atoms with Crippen LogP contribution in [0, 0.1) is 11.3 Å². The number of hydrogen-bond acceptors (Lipinski definition) is 3. The van der Waals surface area contributed by atoms with Crippen LogP contribution in [-0.4, -0.2) is 13.1 Å². The van der Waals surface area contributed by atoms with Crippen LogP contribution in [0.1, 0.15) is 11.1 Å². The Hall–Kier alpha value is -1.82. The first-order valence-corrected chi connectivity index (χ1v) is 4.28. The number of carbonyl (C=O) groups is 1. The quantitative estimate of drug-likeness (QED) is 0.676. The van der Waals surface area contributed by atoms with E-state index in [0.29, 0.717) is 6.42 Å². The highest BCUT2D eigenvalue weighted by Crippen LogP contribution is 2.06. The third kappa shape index (κ3) is 2.91. The highest BCUT2D eigenvalue weighted by Gasteiger charge is 2.01. The van der Waals surface area contributed by atoms with Crippen molar-refractivity contribution in [3.05, 3.63) is 35.4 Å². The number of ether oxygens (including phenoxy) is 1. The van der Waals surface area contributed by atoms with Crippen molar-refractivity contribution in [3.63, 3.8) is 0 Å². The number of carbonyl (C=O) groups excluding carboxylic acids is 1. The van der Waals surface area contributed by atoms with E-state index in [1.165, 1.54) is 7.11 Å². The van der Waals surface area contributed by atoms with Gasteiger partial charge in [0.15, 0.2) is 0 Å². The van der Waals surface area contributed by atoms with Gasteiger partial charge in [0.1, 0.15) is 0 Å². The molecule has 0 saturated heterocycles. The first-order valence-electron chi connectivity index (χ1n) is 4.28. The average molecular weight is 189 g/mol. The van der Waals surface area contributed by atoms with E-state index < -0.39 is 0 Å². The van der Waals surface area contributed by atoms with Gasteiger partial charge in [-0.25, -0.2) is 0 Å². The summed E-state index contributed by atoms with van der Waals surface area (Å²) in [5.41, 5.74) is 1.86. The Labute approximate surface area is 82.9 Å². The summed E-state index contributed by atoms with van der Waals surface area (Å²) in [7, 11) is 1.37. The van der Waals surface area contributed by atoms with E-state index in [9.17, 15) is 4.79 Å². The molecule has 0 aliphatic heterocycles. The van der Waals surface area contributed by atoms with Crippen molar-refractivity contribution in [2.45, 2.75) is 12.8 Å². The van der Waals surface area contributed by atoms with Crippen molar-refractivity contribution in [2.75, 3.05) is 7.11 Å². The molecule has 3 nitrogen and oxygen atoms in total. The van der Waals surface area contributed by atoms with E-state index in [2.05, 4.69) is 10.8 Å². The summed E-state index contributed by atoms with van der Waals surface area (Å²) in [6.45, 7) is 0. The third-order valence-electron chi connectivity index (χ3n) is 1.88. The molecule has 1 aromatic carbocycles. The SMILES string of the molecule is COC(=O)Cc1ccc(CC#N)cc1. The molecule has 0 aliphatic carbocycles. The predicted octanol–water partition coefficient (Wildman–Crippen LogP) is 1.47. The lowest BCUT2D eigenvalue weighted by atomic mass is 10.1. The molecule has 0 spiro atoms. The van der Waals surface area contributed by atoms with Gasteiger partial charge >= 0.3 is 5.97 Å². The number of rotatable bonds is 3. The zero-order chi connectivity index (χ0) is 10.4. The molecule has 0 aromatic heterocycles. The van der Waals surface area contributed by atoms with Gasteiger partial charge in [-0.05, 0) is 11.1 Å². The van der Waals surface area contributed by atoms with Crippen LogP contribution >= 0.6 is 0 Å². The second-order valence-electron chi connectivity index (χ2n) is 2.90. The van der Waals surface area contributed by atoms with Gasteiger partial charge < -0.3 is 4.74 Å². The minimum absolute atomic E-state index is 0.252. The molecule has 0 aliphatic rings. The fraction of sp³-hybridized carbons (Fsp3) is 0.273. The van der Waals surface area contributed by atoms with Crippen LogP contribution in [0.2, 0.25) is 0 Å². The standard InChI is InChI=1S/C11H11NO2/c1-14-11(13)8-10-4-2-9(3-5-10)6-7-12/h2-5H,6,8H2,1H3. The average Bonchev–Trinajstić information content (AvgIpc) is 2.21. The van der Waals surface area contributed by atoms with Crippen molar-refractivity contribution in [3.8, 4) is 6.07 Å². The molecule has 0 unspecified atom stereocenters. The molecule has 0 amide bonds. The summed E-state index contributed by atoms with van der Waals surface area (Å²) in [5, 5.41) is 8.45. The van der Waals surface area contributed by atoms with Gasteiger partial charge in [0.2, 0.25) is 0 Å². The molecule has 3 heteroatoms. The molecule has 0 radical (unpaired) electrons.